The molecule has 3 aliphatic rings. The minimum absolute atomic E-state index is 0.00935. The molecule has 0 N–H and O–H groups in total. The Morgan fingerprint density at radius 3 is 2.86 bits per heavy atom. The lowest BCUT2D eigenvalue weighted by Gasteiger charge is -2.26. The molecule has 9 nitrogen and oxygen atoms in total. The van der Waals surface area contributed by atoms with Crippen molar-refractivity contribution in [3.05, 3.63) is 5.82 Å². The maximum atomic E-state index is 12.9. The molecule has 9 heteroatoms. The van der Waals surface area contributed by atoms with E-state index in [1.165, 1.54) is 9.48 Å². The molecule has 1 unspecified atom stereocenters. The summed E-state index contributed by atoms with van der Waals surface area (Å²) in [5.41, 5.74) is 0.506. The van der Waals surface area contributed by atoms with Crippen LogP contribution in [-0.4, -0.2) is 77.7 Å². The lowest BCUT2D eigenvalue weighted by atomic mass is 10.1. The van der Waals surface area contributed by atoms with Crippen LogP contribution in [0.15, 0.2) is 0 Å². The van der Waals surface area contributed by atoms with Gasteiger partial charge in [0.15, 0.2) is 6.07 Å². The minimum atomic E-state index is -0.234. The van der Waals surface area contributed by atoms with E-state index in [9.17, 15) is 10.1 Å². The number of amides is 2. The fourth-order valence-corrected chi connectivity index (χ4v) is 4.16. The lowest BCUT2D eigenvalue weighted by molar-refractivity contribution is -0.324. The largest absolute Gasteiger partial charge is 0.470 e. The molecule has 2 fully saturated rings. The number of urea groups is 1. The van der Waals surface area contributed by atoms with Crippen LogP contribution >= 0.6 is 0 Å². The van der Waals surface area contributed by atoms with Crippen LogP contribution in [-0.2, 0) is 4.74 Å². The highest BCUT2D eigenvalue weighted by Crippen LogP contribution is 2.41. The zero-order chi connectivity index (χ0) is 19.8. The Balaban J connectivity index is 1.72. The molecule has 3 aliphatic heterocycles. The van der Waals surface area contributed by atoms with Crippen molar-refractivity contribution in [3.8, 4) is 11.9 Å². The summed E-state index contributed by atoms with van der Waals surface area (Å²) < 4.78 is 13.1. The number of fused-ring (bicyclic) bond motifs is 1. The summed E-state index contributed by atoms with van der Waals surface area (Å²) in [4.78, 5) is 25.2. The number of likely N-dealkylation sites (tertiary alicyclic amines) is 1. The van der Waals surface area contributed by atoms with E-state index >= 15 is 0 Å². The molecular formula is C19H25N6O3+. The maximum Gasteiger partial charge on any atom is 0.448 e. The SMILES string of the molecule is C[C@H](Oc1nc(C#N)nc2c1N(C)C(=O)/[N+]2=C\C1CCOC1)[C@@H]1CCCN1C. The highest BCUT2D eigenvalue weighted by Gasteiger charge is 2.44. The van der Waals surface area contributed by atoms with Gasteiger partial charge in [0, 0.05) is 18.6 Å². The van der Waals surface area contributed by atoms with Gasteiger partial charge in [-0.2, -0.15) is 14.8 Å². The number of ether oxygens (including phenoxy) is 2. The Bertz CT molecular complexity index is 858. The Kier molecular flexibility index (Phi) is 5.00. The molecule has 0 radical (unpaired) electrons. The van der Waals surface area contributed by atoms with Crippen LogP contribution < -0.4 is 9.64 Å². The van der Waals surface area contributed by atoms with Crippen molar-refractivity contribution in [2.45, 2.75) is 38.3 Å². The van der Waals surface area contributed by atoms with E-state index in [1.54, 1.807) is 7.05 Å². The second kappa shape index (κ2) is 7.45. The number of hydrogen-bond acceptors (Lipinski definition) is 7. The molecule has 0 aromatic carbocycles. The molecule has 148 valence electrons. The zero-order valence-corrected chi connectivity index (χ0v) is 16.5. The first-order valence-corrected chi connectivity index (χ1v) is 9.68. The van der Waals surface area contributed by atoms with E-state index in [4.69, 9.17) is 9.47 Å². The monoisotopic (exact) mass is 385 g/mol. The number of aromatic nitrogens is 2. The van der Waals surface area contributed by atoms with Crippen LogP contribution in [0.3, 0.4) is 0 Å². The minimum Gasteiger partial charge on any atom is -0.470 e. The number of carbonyl (C=O) groups excluding carboxylic acids is 1. The van der Waals surface area contributed by atoms with Crippen molar-refractivity contribution in [2.75, 3.05) is 38.8 Å². The van der Waals surface area contributed by atoms with Gasteiger partial charge >= 0.3 is 17.7 Å². The van der Waals surface area contributed by atoms with Crippen LogP contribution in [0.25, 0.3) is 0 Å². The maximum absolute atomic E-state index is 12.9. The second-order valence-electron chi connectivity index (χ2n) is 7.63. The highest BCUT2D eigenvalue weighted by atomic mass is 16.5. The van der Waals surface area contributed by atoms with Crippen molar-refractivity contribution < 1.29 is 18.8 Å². The lowest BCUT2D eigenvalue weighted by Crippen LogP contribution is -2.38. The molecular weight excluding hydrogens is 360 g/mol. The summed E-state index contributed by atoms with van der Waals surface area (Å²) in [6.45, 7) is 4.30. The Labute approximate surface area is 164 Å². The normalized spacial score (nSPS) is 27.3. The van der Waals surface area contributed by atoms with Crippen molar-refractivity contribution in [1.29, 1.82) is 5.26 Å². The van der Waals surface area contributed by atoms with Gasteiger partial charge in [0.1, 0.15) is 6.10 Å². The van der Waals surface area contributed by atoms with Gasteiger partial charge in [-0.1, -0.05) is 4.98 Å². The number of likely N-dealkylation sites (N-methyl/N-ethyl adjacent to an activating group) is 1. The Morgan fingerprint density at radius 1 is 1.39 bits per heavy atom. The van der Waals surface area contributed by atoms with Crippen LogP contribution in [0.4, 0.5) is 16.3 Å². The standard InChI is InChI=1S/C19H25N6O3/c1-12(14-5-4-7-23(14)2)28-18-16-17(21-15(9-20)22-18)25(19(26)24(16)3)10-13-6-8-27-11-13/h10,12-14H,4-8,11H2,1-3H3/q+1/b25-10-/t12-,13?,14-/m0/s1. The fraction of sp³-hybridized carbons (Fsp3) is 0.632. The average Bonchev–Trinajstić information content (AvgIpc) is 3.39. The third-order valence-electron chi connectivity index (χ3n) is 5.73. The molecule has 1 aromatic rings. The highest BCUT2D eigenvalue weighted by molar-refractivity contribution is 5.98. The van der Waals surface area contributed by atoms with Gasteiger partial charge in [-0.25, -0.2) is 9.69 Å². The van der Waals surface area contributed by atoms with Crippen LogP contribution in [0.5, 0.6) is 5.88 Å². The summed E-state index contributed by atoms with van der Waals surface area (Å²) in [6.07, 6.45) is 4.75. The van der Waals surface area contributed by atoms with Gasteiger partial charge in [0.25, 0.3) is 5.88 Å². The number of hydrogen-bond donors (Lipinski definition) is 0. The van der Waals surface area contributed by atoms with E-state index < -0.39 is 0 Å². The van der Waals surface area contributed by atoms with E-state index in [1.807, 2.05) is 19.2 Å². The number of nitriles is 1. The predicted molar refractivity (Wildman–Crippen MR) is 101 cm³/mol. The first kappa shape index (κ1) is 18.8. The molecule has 3 atom stereocenters. The number of carbonyl (C=O) groups is 1. The fourth-order valence-electron chi connectivity index (χ4n) is 4.16. The van der Waals surface area contributed by atoms with Crippen LogP contribution in [0.2, 0.25) is 0 Å². The number of nitrogens with zero attached hydrogens (tertiary/aromatic N) is 6. The first-order valence-electron chi connectivity index (χ1n) is 9.68. The van der Waals surface area contributed by atoms with Gasteiger partial charge in [-0.3, -0.25) is 4.90 Å². The second-order valence-corrected chi connectivity index (χ2v) is 7.63. The molecule has 2 saturated heterocycles. The smallest absolute Gasteiger partial charge is 0.448 e. The van der Waals surface area contributed by atoms with Crippen molar-refractivity contribution in [3.63, 3.8) is 0 Å². The van der Waals surface area contributed by atoms with E-state index in [0.29, 0.717) is 24.7 Å². The molecule has 28 heavy (non-hydrogen) atoms. The van der Waals surface area contributed by atoms with Crippen LogP contribution in [0.1, 0.15) is 32.0 Å². The van der Waals surface area contributed by atoms with Crippen molar-refractivity contribution in [2.24, 2.45) is 5.92 Å². The molecule has 0 saturated carbocycles. The summed E-state index contributed by atoms with van der Waals surface area (Å²) in [5, 5.41) is 9.40. The van der Waals surface area contributed by atoms with Gasteiger partial charge in [0.2, 0.25) is 5.69 Å². The third kappa shape index (κ3) is 3.23. The van der Waals surface area contributed by atoms with E-state index in [2.05, 4.69) is 21.9 Å². The van der Waals surface area contributed by atoms with E-state index in [0.717, 1.165) is 25.8 Å². The quantitative estimate of drug-likeness (QED) is 0.726. The van der Waals surface area contributed by atoms with Crippen molar-refractivity contribution >= 4 is 23.8 Å². The molecule has 2 amide bonds. The molecule has 0 spiro atoms. The first-order chi connectivity index (χ1) is 13.5. The van der Waals surface area contributed by atoms with Gasteiger partial charge < -0.3 is 9.47 Å². The van der Waals surface area contributed by atoms with Crippen molar-refractivity contribution in [1.82, 2.24) is 14.9 Å². The van der Waals surface area contributed by atoms with Gasteiger partial charge in [-0.05, 0) is 39.8 Å². The average molecular weight is 385 g/mol. The molecule has 1 aromatic heterocycles. The molecule has 4 heterocycles. The molecule has 4 rings (SSSR count). The molecule has 0 bridgehead atoms. The Morgan fingerprint density at radius 2 is 2.21 bits per heavy atom. The summed E-state index contributed by atoms with van der Waals surface area (Å²) >= 11 is 0. The third-order valence-corrected chi connectivity index (χ3v) is 5.73. The molecule has 0 aliphatic carbocycles. The van der Waals surface area contributed by atoms with Gasteiger partial charge in [0.05, 0.1) is 19.9 Å². The topological polar surface area (TPSA) is 94.6 Å². The number of anilines is 1. The van der Waals surface area contributed by atoms with Crippen LogP contribution in [0, 0.1) is 17.2 Å². The van der Waals surface area contributed by atoms with E-state index in [-0.39, 0.29) is 35.8 Å². The Hall–Kier alpha value is -2.57. The number of rotatable bonds is 4. The summed E-state index contributed by atoms with van der Waals surface area (Å²) in [6, 6.07) is 2.03. The summed E-state index contributed by atoms with van der Waals surface area (Å²) in [5.74, 6) is 0.806. The zero-order valence-electron chi connectivity index (χ0n) is 16.5. The summed E-state index contributed by atoms with van der Waals surface area (Å²) in [7, 11) is 3.76. The predicted octanol–water partition coefficient (Wildman–Crippen LogP) is 1.53. The van der Waals surface area contributed by atoms with Gasteiger partial charge in [-0.15, -0.1) is 0 Å².